The maximum atomic E-state index is 5.93. The summed E-state index contributed by atoms with van der Waals surface area (Å²) in [7, 11) is 0. The van der Waals surface area contributed by atoms with Gasteiger partial charge >= 0.3 is 0 Å². The molecule has 3 nitrogen and oxygen atoms in total. The third-order valence-electron chi connectivity index (χ3n) is 2.04. The van der Waals surface area contributed by atoms with E-state index < -0.39 is 0 Å². The number of rotatable bonds is 2. The summed E-state index contributed by atoms with van der Waals surface area (Å²) in [6.07, 6.45) is 3.72. The molecule has 1 aromatic heterocycles. The van der Waals surface area contributed by atoms with Crippen molar-refractivity contribution in [1.82, 2.24) is 9.78 Å². The Morgan fingerprint density at radius 3 is 2.87 bits per heavy atom. The van der Waals surface area contributed by atoms with Crippen molar-refractivity contribution in [3.63, 3.8) is 0 Å². The molecule has 5 heteroatoms. The van der Waals surface area contributed by atoms with Gasteiger partial charge in [-0.3, -0.25) is 0 Å². The van der Waals surface area contributed by atoms with Crippen molar-refractivity contribution in [1.29, 1.82) is 0 Å². The lowest BCUT2D eigenvalue weighted by molar-refractivity contribution is 0.891. The highest BCUT2D eigenvalue weighted by molar-refractivity contribution is 7.98. The second kappa shape index (κ2) is 4.16. The SMILES string of the molecule is CSc1cnn(-c2cccc(Cl)c2)c1N. The van der Waals surface area contributed by atoms with Crippen molar-refractivity contribution >= 4 is 29.2 Å². The van der Waals surface area contributed by atoms with Gasteiger partial charge in [0.1, 0.15) is 5.82 Å². The first-order valence-corrected chi connectivity index (χ1v) is 5.96. The average Bonchev–Trinajstić information content (AvgIpc) is 2.59. The summed E-state index contributed by atoms with van der Waals surface area (Å²) in [5.41, 5.74) is 6.81. The highest BCUT2D eigenvalue weighted by Crippen LogP contribution is 2.25. The molecule has 0 saturated heterocycles. The lowest BCUT2D eigenvalue weighted by Gasteiger charge is -2.04. The number of aromatic nitrogens is 2. The molecule has 0 aliphatic carbocycles. The molecule has 0 spiro atoms. The Balaban J connectivity index is 2.49. The van der Waals surface area contributed by atoms with E-state index in [1.807, 2.05) is 30.5 Å². The van der Waals surface area contributed by atoms with Crippen LogP contribution in [0.2, 0.25) is 5.02 Å². The maximum absolute atomic E-state index is 5.93. The molecule has 0 aliphatic heterocycles. The molecule has 0 atom stereocenters. The van der Waals surface area contributed by atoms with Crippen molar-refractivity contribution in [2.75, 3.05) is 12.0 Å². The van der Waals surface area contributed by atoms with Gasteiger partial charge in [-0.2, -0.15) is 5.10 Å². The van der Waals surface area contributed by atoms with Crippen LogP contribution in [0, 0.1) is 0 Å². The zero-order valence-corrected chi connectivity index (χ0v) is 9.72. The first-order valence-electron chi connectivity index (χ1n) is 4.36. The standard InChI is InChI=1S/C10H10ClN3S/c1-15-9-6-13-14(10(9)12)8-4-2-3-7(11)5-8/h2-6H,12H2,1H3. The molecule has 0 fully saturated rings. The van der Waals surface area contributed by atoms with Crippen molar-refractivity contribution in [2.24, 2.45) is 0 Å². The van der Waals surface area contributed by atoms with Crippen molar-refractivity contribution in [2.45, 2.75) is 4.90 Å². The van der Waals surface area contributed by atoms with Crippen LogP contribution >= 0.6 is 23.4 Å². The van der Waals surface area contributed by atoms with Crippen molar-refractivity contribution in [3.05, 3.63) is 35.5 Å². The Morgan fingerprint density at radius 2 is 2.27 bits per heavy atom. The van der Waals surface area contributed by atoms with Crippen LogP contribution in [-0.2, 0) is 0 Å². The van der Waals surface area contributed by atoms with Gasteiger partial charge in [0, 0.05) is 5.02 Å². The molecular weight excluding hydrogens is 230 g/mol. The number of benzene rings is 1. The number of halogens is 1. The second-order valence-corrected chi connectivity index (χ2v) is 4.27. The van der Waals surface area contributed by atoms with Crippen LogP contribution in [0.25, 0.3) is 5.69 Å². The van der Waals surface area contributed by atoms with Crippen LogP contribution in [-0.4, -0.2) is 16.0 Å². The van der Waals surface area contributed by atoms with Crippen LogP contribution in [0.3, 0.4) is 0 Å². The molecule has 1 aromatic carbocycles. The lowest BCUT2D eigenvalue weighted by Crippen LogP contribution is -2.01. The maximum Gasteiger partial charge on any atom is 0.140 e. The summed E-state index contributed by atoms with van der Waals surface area (Å²) >= 11 is 7.47. The summed E-state index contributed by atoms with van der Waals surface area (Å²) in [5, 5.41) is 4.88. The highest BCUT2D eigenvalue weighted by Gasteiger charge is 2.07. The molecule has 0 aliphatic rings. The van der Waals surface area contributed by atoms with Crippen LogP contribution in [0.4, 0.5) is 5.82 Å². The zero-order valence-electron chi connectivity index (χ0n) is 8.14. The Kier molecular flexibility index (Phi) is 2.88. The van der Waals surface area contributed by atoms with E-state index in [-0.39, 0.29) is 0 Å². The summed E-state index contributed by atoms with van der Waals surface area (Å²) in [5.74, 6) is 0.643. The van der Waals surface area contributed by atoms with Crippen molar-refractivity contribution < 1.29 is 0 Å². The molecule has 0 saturated carbocycles. The Labute approximate surface area is 97.2 Å². The van der Waals surface area contributed by atoms with E-state index in [2.05, 4.69) is 5.10 Å². The van der Waals surface area contributed by atoms with Gasteiger partial charge in [-0.1, -0.05) is 17.7 Å². The van der Waals surface area contributed by atoms with E-state index >= 15 is 0 Å². The number of hydrogen-bond donors (Lipinski definition) is 1. The quantitative estimate of drug-likeness (QED) is 0.820. The monoisotopic (exact) mass is 239 g/mol. The van der Waals surface area contributed by atoms with Gasteiger partial charge in [-0.25, -0.2) is 4.68 Å². The third kappa shape index (κ3) is 1.96. The predicted octanol–water partition coefficient (Wildman–Crippen LogP) is 2.83. The Bertz CT molecular complexity index is 481. The van der Waals surface area contributed by atoms with E-state index in [4.69, 9.17) is 17.3 Å². The number of nitrogens with two attached hydrogens (primary N) is 1. The minimum atomic E-state index is 0.643. The minimum absolute atomic E-state index is 0.643. The van der Waals surface area contributed by atoms with Crippen molar-refractivity contribution in [3.8, 4) is 5.69 Å². The van der Waals surface area contributed by atoms with Gasteiger partial charge in [0.25, 0.3) is 0 Å². The number of hydrogen-bond acceptors (Lipinski definition) is 3. The third-order valence-corrected chi connectivity index (χ3v) is 3.03. The first-order chi connectivity index (χ1) is 7.22. The molecule has 15 heavy (non-hydrogen) atoms. The van der Waals surface area contributed by atoms with Crippen LogP contribution in [0.1, 0.15) is 0 Å². The van der Waals surface area contributed by atoms with Gasteiger partial charge < -0.3 is 5.73 Å². The summed E-state index contributed by atoms with van der Waals surface area (Å²) in [4.78, 5) is 0.968. The van der Waals surface area contributed by atoms with Gasteiger partial charge in [0.05, 0.1) is 16.8 Å². The topological polar surface area (TPSA) is 43.8 Å². The fourth-order valence-corrected chi connectivity index (χ4v) is 1.95. The van der Waals surface area contributed by atoms with E-state index in [1.54, 1.807) is 22.6 Å². The van der Waals surface area contributed by atoms with Gasteiger partial charge in [0.2, 0.25) is 0 Å². The summed E-state index contributed by atoms with van der Waals surface area (Å²) in [6.45, 7) is 0. The molecule has 0 bridgehead atoms. The Morgan fingerprint density at radius 1 is 1.47 bits per heavy atom. The number of nitrogens with zero attached hydrogens (tertiary/aromatic N) is 2. The van der Waals surface area contributed by atoms with Crippen LogP contribution in [0.5, 0.6) is 0 Å². The Hall–Kier alpha value is -1.13. The van der Waals surface area contributed by atoms with E-state index in [0.717, 1.165) is 10.6 Å². The summed E-state index contributed by atoms with van der Waals surface area (Å²) in [6, 6.07) is 7.44. The molecule has 0 unspecified atom stereocenters. The number of anilines is 1. The largest absolute Gasteiger partial charge is 0.383 e. The smallest absolute Gasteiger partial charge is 0.140 e. The van der Waals surface area contributed by atoms with E-state index in [1.165, 1.54) is 0 Å². The first kappa shape index (κ1) is 10.4. The predicted molar refractivity (Wildman–Crippen MR) is 64.8 cm³/mol. The van der Waals surface area contributed by atoms with Gasteiger partial charge in [-0.15, -0.1) is 11.8 Å². The van der Waals surface area contributed by atoms with Gasteiger partial charge in [-0.05, 0) is 24.5 Å². The highest BCUT2D eigenvalue weighted by atomic mass is 35.5. The normalized spacial score (nSPS) is 10.5. The molecule has 1 heterocycles. The minimum Gasteiger partial charge on any atom is -0.383 e. The molecule has 2 aromatic rings. The van der Waals surface area contributed by atoms with Gasteiger partial charge in [0.15, 0.2) is 0 Å². The zero-order chi connectivity index (χ0) is 10.8. The molecule has 0 amide bonds. The fraction of sp³-hybridized carbons (Fsp3) is 0.100. The van der Waals surface area contributed by atoms with E-state index in [0.29, 0.717) is 10.8 Å². The van der Waals surface area contributed by atoms with E-state index in [9.17, 15) is 0 Å². The number of nitrogen functional groups attached to an aromatic ring is 1. The molecule has 2 N–H and O–H groups in total. The summed E-state index contributed by atoms with van der Waals surface area (Å²) < 4.78 is 1.68. The van der Waals surface area contributed by atoms with Crippen LogP contribution in [0.15, 0.2) is 35.4 Å². The number of thioether (sulfide) groups is 1. The second-order valence-electron chi connectivity index (χ2n) is 2.99. The fourth-order valence-electron chi connectivity index (χ4n) is 1.31. The molecule has 78 valence electrons. The average molecular weight is 240 g/mol. The lowest BCUT2D eigenvalue weighted by atomic mass is 10.3. The van der Waals surface area contributed by atoms with Crippen LogP contribution < -0.4 is 5.73 Å². The molecular formula is C10H10ClN3S. The molecule has 2 rings (SSSR count). The molecule has 0 radical (unpaired) electrons.